The number of piperidine rings is 4. The molecule has 25 heteroatoms. The molecule has 1 N–H and O–H groups in total. The largest absolute Gasteiger partial charge is 0.507 e. The molecular formula is C97H94ClN13O11. The highest BCUT2D eigenvalue weighted by Gasteiger charge is 2.52. The Morgan fingerprint density at radius 2 is 0.902 bits per heavy atom. The monoisotopic (exact) mass is 1650 g/mol. The fraction of sp³-hybridized carbons (Fsp3) is 0.309. The van der Waals surface area contributed by atoms with Crippen molar-refractivity contribution in [2.75, 3.05) is 66.1 Å². The van der Waals surface area contributed by atoms with Gasteiger partial charge < -0.3 is 53.1 Å². The molecule has 1 atom stereocenters. The smallest absolute Gasteiger partial charge is 0.257 e. The molecule has 4 fully saturated rings. The van der Waals surface area contributed by atoms with E-state index in [0.29, 0.717) is 142 Å². The van der Waals surface area contributed by atoms with E-state index in [0.717, 1.165) is 119 Å². The summed E-state index contributed by atoms with van der Waals surface area (Å²) in [6.07, 6.45) is 17.1. The van der Waals surface area contributed by atoms with Gasteiger partial charge in [-0.05, 0) is 135 Å². The van der Waals surface area contributed by atoms with Crippen molar-refractivity contribution in [1.82, 2.24) is 58.7 Å². The molecular weight excluding hydrogens is 1560 g/mol. The summed E-state index contributed by atoms with van der Waals surface area (Å²) < 4.78 is 44.8. The number of halogens is 1. The molecule has 21 rings (SSSR count). The first-order valence-corrected chi connectivity index (χ1v) is 42.0. The molecule has 0 bridgehead atoms. The number of aromatic hydroxyl groups is 1. The lowest BCUT2D eigenvalue weighted by atomic mass is 9.72. The molecule has 4 saturated heterocycles. The molecule has 1 unspecified atom stereocenters. The molecule has 4 amide bonds. The van der Waals surface area contributed by atoms with Gasteiger partial charge in [-0.15, -0.1) is 0 Å². The second kappa shape index (κ2) is 32.0. The van der Waals surface area contributed by atoms with Gasteiger partial charge in [0.15, 0.2) is 11.5 Å². The first-order valence-electron chi connectivity index (χ1n) is 41.6. The minimum Gasteiger partial charge on any atom is -0.507 e. The van der Waals surface area contributed by atoms with Crippen LogP contribution in [0.2, 0.25) is 5.02 Å². The number of allylic oxidation sites excluding steroid dienone is 3. The predicted molar refractivity (Wildman–Crippen MR) is 462 cm³/mol. The molecule has 0 saturated carbocycles. The Morgan fingerprint density at radius 1 is 0.475 bits per heavy atom. The van der Waals surface area contributed by atoms with Gasteiger partial charge in [0.1, 0.15) is 51.2 Å². The zero-order valence-electron chi connectivity index (χ0n) is 69.4. The summed E-state index contributed by atoms with van der Waals surface area (Å²) in [5.41, 5.74) is 15.8. The average Bonchev–Trinajstić information content (AvgIpc) is 1.51. The number of hydrogen-bond acceptors (Lipinski definition) is 16. The van der Waals surface area contributed by atoms with Gasteiger partial charge in [-0.1, -0.05) is 96.5 Å². The van der Waals surface area contributed by atoms with Crippen LogP contribution in [0.1, 0.15) is 139 Å². The van der Waals surface area contributed by atoms with E-state index >= 15 is 0 Å². The Morgan fingerprint density at radius 3 is 1.39 bits per heavy atom. The zero-order chi connectivity index (χ0) is 84.5. The van der Waals surface area contributed by atoms with Crippen LogP contribution in [0.25, 0.3) is 44.7 Å². The van der Waals surface area contributed by atoms with E-state index in [4.69, 9.17) is 40.0 Å². The number of carbonyl (C=O) groups is 4. The fourth-order valence-corrected chi connectivity index (χ4v) is 19.5. The summed E-state index contributed by atoms with van der Waals surface area (Å²) in [5.74, 6) is 4.60. The van der Waals surface area contributed by atoms with Crippen molar-refractivity contribution < 1.29 is 52.7 Å². The highest BCUT2D eigenvalue weighted by atomic mass is 35.5. The number of para-hydroxylation sites is 5. The summed E-state index contributed by atoms with van der Waals surface area (Å²) >= 11 is 6.22. The van der Waals surface area contributed by atoms with E-state index in [-0.39, 0.29) is 35.3 Å². The molecule has 24 nitrogen and oxygen atoms in total. The zero-order valence-corrected chi connectivity index (χ0v) is 70.2. The van der Waals surface area contributed by atoms with Crippen molar-refractivity contribution in [2.24, 2.45) is 28.2 Å². The summed E-state index contributed by atoms with van der Waals surface area (Å²) in [5, 5.41) is 39.3. The number of methoxy groups -OCH3 is 1. The maximum absolute atomic E-state index is 13.4. The highest BCUT2D eigenvalue weighted by Crippen LogP contribution is 2.56. The van der Waals surface area contributed by atoms with Crippen molar-refractivity contribution in [3.05, 3.63) is 279 Å². The number of aryl methyl sites for hydroxylation is 6. The number of rotatable bonds is 7. The minimum atomic E-state index is -0.483. The Balaban J connectivity index is 0.000000111. The molecule has 8 aromatic carbocycles. The topological polar surface area (TPSA) is 252 Å². The number of likely N-dealkylation sites (tertiary alicyclic amines) is 4. The number of fused-ring (bicyclic) bond motifs is 17. The Kier molecular flexibility index (Phi) is 20.9. The van der Waals surface area contributed by atoms with E-state index in [1.807, 2.05) is 205 Å². The number of phenolic OH excluding ortho intramolecular Hbond substituents is 1. The highest BCUT2D eigenvalue weighted by molar-refractivity contribution is 6.31. The number of amides is 4. The van der Waals surface area contributed by atoms with Crippen LogP contribution >= 0.6 is 11.6 Å². The minimum absolute atomic E-state index is 0.00394. The lowest BCUT2D eigenvalue weighted by Crippen LogP contribution is -2.53. The Bertz CT molecular complexity index is 6250. The van der Waals surface area contributed by atoms with E-state index in [1.54, 1.807) is 72.3 Å². The fourth-order valence-electron chi connectivity index (χ4n) is 19.3. The van der Waals surface area contributed by atoms with Crippen molar-refractivity contribution in [2.45, 2.75) is 100 Å². The summed E-state index contributed by atoms with van der Waals surface area (Å²) in [4.78, 5) is 60.1. The second-order valence-electron chi connectivity index (χ2n) is 32.7. The van der Waals surface area contributed by atoms with Gasteiger partial charge in [0.2, 0.25) is 0 Å². The maximum atomic E-state index is 13.4. The van der Waals surface area contributed by atoms with Crippen LogP contribution in [0.15, 0.2) is 218 Å². The van der Waals surface area contributed by atoms with E-state index < -0.39 is 22.4 Å². The predicted octanol–water partition coefficient (Wildman–Crippen LogP) is 16.3. The van der Waals surface area contributed by atoms with Crippen LogP contribution < -0.4 is 28.4 Å². The molecule has 1 aliphatic carbocycles. The molecule has 4 spiro atoms. The average molecular weight is 1650 g/mol. The van der Waals surface area contributed by atoms with E-state index in [9.17, 15) is 29.5 Å². The van der Waals surface area contributed by atoms with Crippen molar-refractivity contribution in [3.63, 3.8) is 0 Å². The van der Waals surface area contributed by atoms with Gasteiger partial charge >= 0.3 is 0 Å². The number of nitriles is 1. The van der Waals surface area contributed by atoms with E-state index in [2.05, 4.69) is 50.7 Å². The van der Waals surface area contributed by atoms with Gasteiger partial charge in [-0.3, -0.25) is 37.9 Å². The van der Waals surface area contributed by atoms with E-state index in [1.165, 1.54) is 0 Å². The molecule has 9 aliphatic rings. The molecule has 8 aliphatic heterocycles. The maximum Gasteiger partial charge on any atom is 0.257 e. The van der Waals surface area contributed by atoms with Gasteiger partial charge in [-0.2, -0.15) is 25.7 Å². The third-order valence-electron chi connectivity index (χ3n) is 25.9. The standard InChI is InChI=1S/C25H21ClN2O2.C25H27N3O4.C24H23N5O2.C23H23N3O3/c1-16-6-7-17(14-21(16)26)24(29)28-12-10-25(11-13-28)20-9-8-18(15-27)23(20)19-4-2-3-5-22(19)30-25;1-4-31-21-10-9-17(15-22(21)30-3)24(29)28-13-11-25(12-14-28)19-16-26-27(2)23(19)18-7-5-6-8-20(18)32-25;1-27-20-8-5-7-16(18(20)14-25-27)23(30)29-12-10-24(11-13-29)19-15-26-28(2)22(19)17-6-3-4-9-21(17)31-24;1-15-6-5-8-17(21(15)27)22(28)26-12-10-23(11-13-26)18-14-24-25(2)20(18)16-7-3-4-9-19(16)29-23/h2-9,14,23H,10-13H2,1H3;5-10,15-16H,4,11-14H2,1-3H3;3-9,14-15H,10-13H2,1-2H3;3-9,14,27H,10-13H2,1-2H3. The van der Waals surface area contributed by atoms with Gasteiger partial charge in [0.05, 0.1) is 78.3 Å². The van der Waals surface area contributed by atoms with Crippen molar-refractivity contribution in [1.29, 1.82) is 5.26 Å². The molecule has 4 aromatic heterocycles. The third-order valence-corrected chi connectivity index (χ3v) is 26.3. The van der Waals surface area contributed by atoms with Crippen molar-refractivity contribution >= 4 is 46.1 Å². The third kappa shape index (κ3) is 13.9. The number of phenols is 1. The Labute approximate surface area is 712 Å². The van der Waals surface area contributed by atoms with Crippen LogP contribution in [0.3, 0.4) is 0 Å². The normalized spacial score (nSPS) is 17.7. The number of benzene rings is 8. The first kappa shape index (κ1) is 79.7. The number of carbonyl (C=O) groups excluding carboxylic acids is 4. The first-order chi connectivity index (χ1) is 59.2. The quantitative estimate of drug-likeness (QED) is 0.156. The Hall–Kier alpha value is -13.4. The van der Waals surface area contributed by atoms with Crippen LogP contribution in [0, 0.1) is 25.2 Å². The summed E-state index contributed by atoms with van der Waals surface area (Å²) in [6.45, 7) is 11.0. The molecule has 620 valence electrons. The number of hydrogen-bond donors (Lipinski definition) is 1. The summed E-state index contributed by atoms with van der Waals surface area (Å²) in [6, 6.07) is 56.5. The van der Waals surface area contributed by atoms with Gasteiger partial charge in [0, 0.05) is 204 Å². The van der Waals surface area contributed by atoms with Crippen LogP contribution in [0.4, 0.5) is 0 Å². The number of ether oxygens (including phenoxy) is 6. The van der Waals surface area contributed by atoms with Crippen LogP contribution in [0.5, 0.6) is 40.2 Å². The number of nitrogens with zero attached hydrogens (tertiary/aromatic N) is 13. The SMILES string of the molecule is CCOc1ccc(C(=O)N2CCC3(CC2)Oc2ccccc2-c2c3cnn2C)cc1OC.Cc1ccc(C(=O)N2CCC3(CC2)Oc2ccccc2C2C(C#N)=CC=C23)cc1Cl.Cc1cccc(C(=O)N2CCC3(CC2)Oc2ccccc2-c2c3cnn2C)c1O.Cn1ncc2c1-c1ccccc1OC21CCN(C(=O)c2cccc3c2cnn3C)CC1. The summed E-state index contributed by atoms with van der Waals surface area (Å²) in [7, 11) is 9.37. The lowest BCUT2D eigenvalue weighted by molar-refractivity contribution is -0.00231. The second-order valence-corrected chi connectivity index (χ2v) is 33.1. The molecule has 122 heavy (non-hydrogen) atoms. The molecule has 12 heterocycles. The molecule has 0 radical (unpaired) electrons. The van der Waals surface area contributed by atoms with Crippen LogP contribution in [-0.2, 0) is 45.0 Å². The van der Waals surface area contributed by atoms with Crippen LogP contribution in [-0.4, -0.2) is 159 Å². The van der Waals surface area contributed by atoms with Gasteiger partial charge in [0.25, 0.3) is 23.6 Å². The molecule has 12 aromatic rings. The lowest BCUT2D eigenvalue weighted by Gasteiger charge is -2.47. The van der Waals surface area contributed by atoms with Gasteiger partial charge in [-0.25, -0.2) is 0 Å². The number of aromatic nitrogens is 8. The van der Waals surface area contributed by atoms with Crippen molar-refractivity contribution in [3.8, 4) is 80.1 Å².